The average molecular weight is 370 g/mol. The lowest BCUT2D eigenvalue weighted by molar-refractivity contribution is 0.0680. The van der Waals surface area contributed by atoms with Gasteiger partial charge >= 0.3 is 0 Å². The molecule has 0 radical (unpaired) electrons. The van der Waals surface area contributed by atoms with Crippen LogP contribution in [0.1, 0.15) is 23.3 Å². The number of furan rings is 1. The number of amides is 1. The molecular formula is C19H18N2O4S. The van der Waals surface area contributed by atoms with Crippen molar-refractivity contribution in [3.8, 4) is 16.5 Å². The van der Waals surface area contributed by atoms with Crippen LogP contribution in [0.15, 0.2) is 52.5 Å². The normalized spacial score (nSPS) is 16.5. The van der Waals surface area contributed by atoms with Gasteiger partial charge in [0.2, 0.25) is 0 Å². The Balaban J connectivity index is 1.38. The van der Waals surface area contributed by atoms with Gasteiger partial charge < -0.3 is 19.2 Å². The summed E-state index contributed by atoms with van der Waals surface area (Å²) >= 11 is 1.37. The number of carbonyl (C=O) groups is 1. The van der Waals surface area contributed by atoms with Crippen LogP contribution in [0.4, 0.5) is 5.69 Å². The van der Waals surface area contributed by atoms with E-state index in [1.54, 1.807) is 23.8 Å². The van der Waals surface area contributed by atoms with E-state index in [1.807, 2.05) is 24.3 Å². The van der Waals surface area contributed by atoms with E-state index >= 15 is 0 Å². The van der Waals surface area contributed by atoms with Gasteiger partial charge in [0.05, 0.1) is 12.4 Å². The number of nitrogens with zero attached hydrogens (tertiary/aromatic N) is 1. The lowest BCUT2D eigenvalue weighted by Crippen LogP contribution is -2.16. The molecule has 134 valence electrons. The Kier molecular flexibility index (Phi) is 4.99. The minimum absolute atomic E-state index is 0.156. The second-order valence-electron chi connectivity index (χ2n) is 5.94. The molecule has 1 fully saturated rings. The Morgan fingerprint density at radius 3 is 3.12 bits per heavy atom. The van der Waals surface area contributed by atoms with E-state index in [-0.39, 0.29) is 12.0 Å². The molecule has 6 nitrogen and oxygen atoms in total. The van der Waals surface area contributed by atoms with Gasteiger partial charge in [-0.25, -0.2) is 4.98 Å². The molecule has 3 aromatic rings. The highest BCUT2D eigenvalue weighted by atomic mass is 32.1. The van der Waals surface area contributed by atoms with Crippen LogP contribution >= 0.6 is 11.3 Å². The summed E-state index contributed by atoms with van der Waals surface area (Å²) in [7, 11) is 0. The number of ether oxygens (including phenoxy) is 2. The summed E-state index contributed by atoms with van der Waals surface area (Å²) < 4.78 is 16.6. The Morgan fingerprint density at radius 2 is 2.31 bits per heavy atom. The molecule has 0 bridgehead atoms. The maximum Gasteiger partial charge on any atom is 0.275 e. The first-order valence-corrected chi connectivity index (χ1v) is 9.31. The quantitative estimate of drug-likeness (QED) is 0.703. The zero-order chi connectivity index (χ0) is 17.8. The van der Waals surface area contributed by atoms with Crippen LogP contribution < -0.4 is 10.1 Å². The minimum atomic E-state index is -0.268. The van der Waals surface area contributed by atoms with Crippen LogP contribution in [-0.2, 0) is 4.74 Å². The van der Waals surface area contributed by atoms with Crippen LogP contribution in [0.3, 0.4) is 0 Å². The van der Waals surface area contributed by atoms with Crippen molar-refractivity contribution < 1.29 is 18.7 Å². The zero-order valence-electron chi connectivity index (χ0n) is 14.0. The molecule has 1 aliphatic rings. The van der Waals surface area contributed by atoms with E-state index in [0.717, 1.165) is 19.4 Å². The number of thiazole rings is 1. The number of rotatable bonds is 6. The number of anilines is 1. The van der Waals surface area contributed by atoms with Crippen molar-refractivity contribution in [1.29, 1.82) is 0 Å². The highest BCUT2D eigenvalue weighted by molar-refractivity contribution is 7.13. The standard InChI is InChI=1S/C19H18N2O4S/c22-18(16-12-26-19(21-16)17-7-3-9-24-17)20-13-4-1-5-14(10-13)25-11-15-6-2-8-23-15/h1,3-5,7,9-10,12,15H,2,6,8,11H2,(H,20,22). The molecule has 0 saturated carbocycles. The molecule has 26 heavy (non-hydrogen) atoms. The van der Waals surface area contributed by atoms with Crippen molar-refractivity contribution in [2.45, 2.75) is 18.9 Å². The van der Waals surface area contributed by atoms with Gasteiger partial charge in [0, 0.05) is 23.7 Å². The highest BCUT2D eigenvalue weighted by Gasteiger charge is 2.16. The first-order valence-electron chi connectivity index (χ1n) is 8.43. The fourth-order valence-electron chi connectivity index (χ4n) is 2.72. The van der Waals surface area contributed by atoms with Gasteiger partial charge in [0.1, 0.15) is 18.1 Å². The summed E-state index contributed by atoms with van der Waals surface area (Å²) in [6.45, 7) is 1.33. The lowest BCUT2D eigenvalue weighted by atomic mass is 10.2. The van der Waals surface area contributed by atoms with E-state index in [4.69, 9.17) is 13.9 Å². The maximum absolute atomic E-state index is 12.4. The number of aromatic nitrogens is 1. The van der Waals surface area contributed by atoms with Crippen LogP contribution in [0, 0.1) is 0 Å². The number of nitrogens with one attached hydrogen (secondary N) is 1. The van der Waals surface area contributed by atoms with Crippen molar-refractivity contribution in [3.63, 3.8) is 0 Å². The summed E-state index contributed by atoms with van der Waals surface area (Å²) in [5, 5.41) is 5.24. The monoisotopic (exact) mass is 370 g/mol. The van der Waals surface area contributed by atoms with Crippen molar-refractivity contribution in [2.24, 2.45) is 0 Å². The Morgan fingerprint density at radius 1 is 1.35 bits per heavy atom. The summed E-state index contributed by atoms with van der Waals surface area (Å²) in [6.07, 6.45) is 3.84. The molecule has 7 heteroatoms. The van der Waals surface area contributed by atoms with Crippen molar-refractivity contribution >= 4 is 22.9 Å². The predicted molar refractivity (Wildman–Crippen MR) is 98.7 cm³/mol. The molecule has 1 aromatic carbocycles. The van der Waals surface area contributed by atoms with Crippen LogP contribution in [0.25, 0.3) is 10.8 Å². The molecule has 1 saturated heterocycles. The fraction of sp³-hybridized carbons (Fsp3) is 0.263. The van der Waals surface area contributed by atoms with E-state index < -0.39 is 0 Å². The Labute approximate surface area is 154 Å². The third kappa shape index (κ3) is 3.95. The molecule has 4 rings (SSSR count). The molecule has 1 amide bonds. The van der Waals surface area contributed by atoms with E-state index in [1.165, 1.54) is 11.3 Å². The third-order valence-electron chi connectivity index (χ3n) is 4.02. The predicted octanol–water partition coefficient (Wildman–Crippen LogP) is 4.21. The second kappa shape index (κ2) is 7.72. The molecule has 3 heterocycles. The summed E-state index contributed by atoms with van der Waals surface area (Å²) in [5.74, 6) is 1.08. The number of benzene rings is 1. The van der Waals surface area contributed by atoms with Gasteiger partial charge in [-0.15, -0.1) is 11.3 Å². The zero-order valence-corrected chi connectivity index (χ0v) is 14.8. The summed E-state index contributed by atoms with van der Waals surface area (Å²) in [6, 6.07) is 10.9. The number of carbonyl (C=O) groups excluding carboxylic acids is 1. The van der Waals surface area contributed by atoms with E-state index in [9.17, 15) is 4.79 Å². The lowest BCUT2D eigenvalue weighted by Gasteiger charge is -2.12. The third-order valence-corrected chi connectivity index (χ3v) is 4.88. The minimum Gasteiger partial charge on any atom is -0.491 e. The first kappa shape index (κ1) is 16.8. The smallest absolute Gasteiger partial charge is 0.275 e. The van der Waals surface area contributed by atoms with Gasteiger partial charge in [-0.2, -0.15) is 0 Å². The second-order valence-corrected chi connectivity index (χ2v) is 6.80. The molecule has 1 aliphatic heterocycles. The number of hydrogen-bond donors (Lipinski definition) is 1. The first-order chi connectivity index (χ1) is 12.8. The summed E-state index contributed by atoms with van der Waals surface area (Å²) in [5.41, 5.74) is 1.01. The maximum atomic E-state index is 12.4. The van der Waals surface area contributed by atoms with Crippen LogP contribution in [0.5, 0.6) is 5.75 Å². The van der Waals surface area contributed by atoms with Crippen molar-refractivity contribution in [2.75, 3.05) is 18.5 Å². The Bertz CT molecular complexity index is 869. The van der Waals surface area contributed by atoms with Crippen LogP contribution in [-0.4, -0.2) is 30.2 Å². The van der Waals surface area contributed by atoms with Gasteiger partial charge in [0.15, 0.2) is 10.8 Å². The van der Waals surface area contributed by atoms with Crippen molar-refractivity contribution in [3.05, 3.63) is 53.7 Å². The molecule has 0 spiro atoms. The van der Waals surface area contributed by atoms with Gasteiger partial charge in [0.25, 0.3) is 5.91 Å². The molecule has 2 aromatic heterocycles. The molecule has 1 unspecified atom stereocenters. The highest BCUT2D eigenvalue weighted by Crippen LogP contribution is 2.25. The number of hydrogen-bond acceptors (Lipinski definition) is 6. The topological polar surface area (TPSA) is 73.6 Å². The van der Waals surface area contributed by atoms with E-state index in [0.29, 0.717) is 34.5 Å². The molecular weight excluding hydrogens is 352 g/mol. The van der Waals surface area contributed by atoms with Gasteiger partial charge in [-0.05, 0) is 37.1 Å². The van der Waals surface area contributed by atoms with Crippen LogP contribution in [0.2, 0.25) is 0 Å². The van der Waals surface area contributed by atoms with Gasteiger partial charge in [-0.3, -0.25) is 4.79 Å². The largest absolute Gasteiger partial charge is 0.491 e. The molecule has 1 N–H and O–H groups in total. The molecule has 1 atom stereocenters. The Hall–Kier alpha value is -2.64. The molecule has 0 aliphatic carbocycles. The SMILES string of the molecule is O=C(Nc1cccc(OCC2CCCO2)c1)c1csc(-c2ccco2)n1. The van der Waals surface area contributed by atoms with E-state index in [2.05, 4.69) is 10.3 Å². The fourth-order valence-corrected chi connectivity index (χ4v) is 3.48. The summed E-state index contributed by atoms with van der Waals surface area (Å²) in [4.78, 5) is 16.7. The van der Waals surface area contributed by atoms with Gasteiger partial charge in [-0.1, -0.05) is 6.07 Å². The van der Waals surface area contributed by atoms with Crippen molar-refractivity contribution in [1.82, 2.24) is 4.98 Å². The average Bonchev–Trinajstić information content (AvgIpc) is 3.42.